The van der Waals surface area contributed by atoms with Crippen molar-refractivity contribution >= 4 is 21.6 Å². The van der Waals surface area contributed by atoms with Crippen LogP contribution in [0.1, 0.15) is 18.7 Å². The zero-order chi connectivity index (χ0) is 16.0. The number of nitrogens with zero attached hydrogens (tertiary/aromatic N) is 4. The van der Waals surface area contributed by atoms with Gasteiger partial charge in [0.25, 0.3) is 0 Å². The van der Waals surface area contributed by atoms with Crippen molar-refractivity contribution < 1.29 is 5.11 Å². The lowest BCUT2D eigenvalue weighted by Crippen LogP contribution is -2.09. The Bertz CT molecular complexity index is 892. The lowest BCUT2D eigenvalue weighted by molar-refractivity contribution is 0.475. The molecule has 1 aromatic carbocycles. The van der Waals surface area contributed by atoms with Gasteiger partial charge in [-0.1, -0.05) is 6.92 Å². The molecule has 1 atom stereocenters. The number of nitrogens with one attached hydrogen (secondary N) is 1. The molecule has 0 spiro atoms. The van der Waals surface area contributed by atoms with E-state index in [1.165, 1.54) is 0 Å². The van der Waals surface area contributed by atoms with Crippen LogP contribution >= 0.6 is 15.9 Å². The van der Waals surface area contributed by atoms with E-state index in [1.54, 1.807) is 24.5 Å². The molecule has 0 aliphatic carbocycles. The minimum absolute atomic E-state index is 0.186. The van der Waals surface area contributed by atoms with Gasteiger partial charge in [0.05, 0.1) is 11.4 Å². The van der Waals surface area contributed by atoms with Gasteiger partial charge in [0.15, 0.2) is 5.82 Å². The Morgan fingerprint density at radius 3 is 2.96 bits per heavy atom. The molecule has 0 bridgehead atoms. The first kappa shape index (κ1) is 14.2. The number of halogens is 1. The normalized spacial score (nSPS) is 16.2. The molecule has 0 radical (unpaired) electrons. The van der Waals surface area contributed by atoms with E-state index in [2.05, 4.69) is 43.4 Å². The molecule has 0 fully saturated rings. The van der Waals surface area contributed by atoms with E-state index in [9.17, 15) is 5.11 Å². The van der Waals surface area contributed by atoms with Crippen molar-refractivity contribution in [2.24, 2.45) is 0 Å². The Labute approximate surface area is 141 Å². The van der Waals surface area contributed by atoms with E-state index in [0.717, 1.165) is 39.6 Å². The molecule has 23 heavy (non-hydrogen) atoms. The van der Waals surface area contributed by atoms with Crippen LogP contribution in [-0.4, -0.2) is 31.4 Å². The molecule has 0 saturated heterocycles. The zero-order valence-electron chi connectivity index (χ0n) is 12.4. The number of aromatic nitrogens is 4. The number of phenols is 1. The van der Waals surface area contributed by atoms with Gasteiger partial charge in [-0.25, -0.2) is 0 Å². The summed E-state index contributed by atoms with van der Waals surface area (Å²) >= 11 is 3.45. The van der Waals surface area contributed by atoms with Crippen molar-refractivity contribution in [3.63, 3.8) is 0 Å². The summed E-state index contributed by atoms with van der Waals surface area (Å²) in [6, 6.07) is 7.23. The number of anilines is 1. The molecule has 0 amide bonds. The van der Waals surface area contributed by atoms with Gasteiger partial charge in [0, 0.05) is 41.0 Å². The molecular formula is C16H14BrN5O. The number of aromatic hydroxyl groups is 1. The minimum Gasteiger partial charge on any atom is -0.508 e. The molecule has 2 N–H and O–H groups in total. The van der Waals surface area contributed by atoms with Crippen molar-refractivity contribution in [1.82, 2.24) is 19.7 Å². The molecule has 6 nitrogen and oxygen atoms in total. The summed E-state index contributed by atoms with van der Waals surface area (Å²) in [5, 5.41) is 21.9. The van der Waals surface area contributed by atoms with E-state index in [-0.39, 0.29) is 11.7 Å². The number of rotatable bonds is 1. The topological polar surface area (TPSA) is 75.9 Å². The average Bonchev–Trinajstić information content (AvgIpc) is 2.92. The van der Waals surface area contributed by atoms with Gasteiger partial charge >= 0.3 is 0 Å². The van der Waals surface area contributed by atoms with E-state index < -0.39 is 0 Å². The molecule has 0 saturated carbocycles. The third-order valence-electron chi connectivity index (χ3n) is 3.91. The molecule has 1 aliphatic heterocycles. The first-order chi connectivity index (χ1) is 11.1. The number of hydrogen-bond donors (Lipinski definition) is 2. The maximum atomic E-state index is 9.77. The van der Waals surface area contributed by atoms with Gasteiger partial charge in [-0.05, 0) is 34.1 Å². The Balaban J connectivity index is 1.99. The number of fused-ring (bicyclic) bond motifs is 3. The Morgan fingerprint density at radius 2 is 2.13 bits per heavy atom. The molecule has 3 aromatic rings. The molecule has 4 rings (SSSR count). The molecule has 1 unspecified atom stereocenters. The fourth-order valence-electron chi connectivity index (χ4n) is 2.79. The molecule has 116 valence electrons. The summed E-state index contributed by atoms with van der Waals surface area (Å²) in [4.78, 5) is 4.22. The second-order valence-corrected chi connectivity index (χ2v) is 6.51. The summed E-state index contributed by atoms with van der Waals surface area (Å²) in [5.41, 5.74) is 2.66. The smallest absolute Gasteiger partial charge is 0.170 e. The van der Waals surface area contributed by atoms with Crippen molar-refractivity contribution in [2.45, 2.75) is 12.8 Å². The van der Waals surface area contributed by atoms with Crippen LogP contribution in [0.25, 0.3) is 17.1 Å². The highest BCUT2D eigenvalue weighted by Crippen LogP contribution is 2.35. The third kappa shape index (κ3) is 2.37. The van der Waals surface area contributed by atoms with Crippen LogP contribution in [0.4, 0.5) is 5.69 Å². The second kappa shape index (κ2) is 5.34. The zero-order valence-corrected chi connectivity index (χ0v) is 13.9. The van der Waals surface area contributed by atoms with Gasteiger partial charge in [-0.3, -0.25) is 9.55 Å². The van der Waals surface area contributed by atoms with E-state index in [0.29, 0.717) is 0 Å². The van der Waals surface area contributed by atoms with Gasteiger partial charge in [-0.2, -0.15) is 0 Å². The minimum atomic E-state index is 0.186. The molecular weight excluding hydrogens is 358 g/mol. The summed E-state index contributed by atoms with van der Waals surface area (Å²) in [7, 11) is 0. The van der Waals surface area contributed by atoms with Crippen molar-refractivity contribution in [3.05, 3.63) is 47.0 Å². The van der Waals surface area contributed by atoms with Crippen molar-refractivity contribution in [3.8, 4) is 22.8 Å². The highest BCUT2D eigenvalue weighted by molar-refractivity contribution is 9.10. The summed E-state index contributed by atoms with van der Waals surface area (Å²) in [6.07, 6.45) is 3.50. The average molecular weight is 372 g/mol. The fourth-order valence-corrected chi connectivity index (χ4v) is 3.15. The van der Waals surface area contributed by atoms with Crippen LogP contribution in [-0.2, 0) is 0 Å². The van der Waals surface area contributed by atoms with E-state index in [1.807, 2.05) is 16.7 Å². The first-order valence-electron chi connectivity index (χ1n) is 7.27. The standard InChI is InChI=1S/C16H14BrN5O/c1-9-6-19-13-5-12(23)2-3-14(13)22-15(9)20-21-16(22)10-4-11(17)8-18-7-10/h2-5,7-9,19,23H,6H2,1H3. The third-order valence-corrected chi connectivity index (χ3v) is 4.35. The molecule has 7 heteroatoms. The van der Waals surface area contributed by atoms with Gasteiger partial charge in [0.1, 0.15) is 11.6 Å². The lowest BCUT2D eigenvalue weighted by Gasteiger charge is -2.12. The van der Waals surface area contributed by atoms with Crippen LogP contribution in [0.3, 0.4) is 0 Å². The number of pyridine rings is 1. The maximum Gasteiger partial charge on any atom is 0.170 e. The van der Waals surface area contributed by atoms with E-state index >= 15 is 0 Å². The van der Waals surface area contributed by atoms with Crippen LogP contribution in [0.15, 0.2) is 41.1 Å². The van der Waals surface area contributed by atoms with Crippen LogP contribution in [0, 0.1) is 0 Å². The molecule has 2 aromatic heterocycles. The largest absolute Gasteiger partial charge is 0.508 e. The fraction of sp³-hybridized carbons (Fsp3) is 0.188. The van der Waals surface area contributed by atoms with Crippen LogP contribution < -0.4 is 5.32 Å². The lowest BCUT2D eigenvalue weighted by atomic mass is 10.1. The maximum absolute atomic E-state index is 9.77. The predicted molar refractivity (Wildman–Crippen MR) is 90.9 cm³/mol. The van der Waals surface area contributed by atoms with Crippen molar-refractivity contribution in [2.75, 3.05) is 11.9 Å². The SMILES string of the molecule is CC1CNc2cc(O)ccc2-n2c(-c3cncc(Br)c3)nnc21. The van der Waals surface area contributed by atoms with E-state index in [4.69, 9.17) is 0 Å². The molecule has 1 aliphatic rings. The molecule has 3 heterocycles. The monoisotopic (exact) mass is 371 g/mol. The highest BCUT2D eigenvalue weighted by atomic mass is 79.9. The summed E-state index contributed by atoms with van der Waals surface area (Å²) in [5.74, 6) is 2.03. The van der Waals surface area contributed by atoms with Gasteiger partial charge in [0.2, 0.25) is 0 Å². The Hall–Kier alpha value is -2.41. The van der Waals surface area contributed by atoms with Gasteiger partial charge < -0.3 is 10.4 Å². The van der Waals surface area contributed by atoms with Crippen molar-refractivity contribution in [1.29, 1.82) is 0 Å². The number of phenolic OH excluding ortho intramolecular Hbond substituents is 1. The quantitative estimate of drug-likeness (QED) is 0.685. The summed E-state index contributed by atoms with van der Waals surface area (Å²) < 4.78 is 2.92. The summed E-state index contributed by atoms with van der Waals surface area (Å²) in [6.45, 7) is 2.83. The second-order valence-electron chi connectivity index (χ2n) is 5.59. The number of hydrogen-bond acceptors (Lipinski definition) is 5. The first-order valence-corrected chi connectivity index (χ1v) is 8.06. The Kier molecular flexibility index (Phi) is 3.30. The predicted octanol–water partition coefficient (Wildman–Crippen LogP) is 3.33. The van der Waals surface area contributed by atoms with Gasteiger partial charge in [-0.15, -0.1) is 10.2 Å². The van der Waals surface area contributed by atoms with Crippen LogP contribution in [0.5, 0.6) is 5.75 Å². The number of benzene rings is 1. The van der Waals surface area contributed by atoms with Crippen LogP contribution in [0.2, 0.25) is 0 Å². The Morgan fingerprint density at radius 1 is 1.26 bits per heavy atom. The highest BCUT2D eigenvalue weighted by Gasteiger charge is 2.25.